The van der Waals surface area contributed by atoms with Crippen LogP contribution in [0.3, 0.4) is 0 Å². The minimum absolute atomic E-state index is 0.000586. The summed E-state index contributed by atoms with van der Waals surface area (Å²) in [5.74, 6) is 0. The van der Waals surface area contributed by atoms with E-state index in [9.17, 15) is 26.9 Å². The number of sulfonamides is 1. The fourth-order valence-corrected chi connectivity index (χ4v) is 4.27. The van der Waals surface area contributed by atoms with Gasteiger partial charge in [-0.1, -0.05) is 11.6 Å². The number of hydrogen-bond donors (Lipinski definition) is 1. The SMILES string of the molecule is N#CC=CS(=O)(=O)c1ccc(NS(=O)(=O)c2ccc(Cl)cc2[N+](=O)[O-])cc1. The van der Waals surface area contributed by atoms with Crippen LogP contribution >= 0.6 is 11.6 Å². The Balaban J connectivity index is 2.36. The van der Waals surface area contributed by atoms with Gasteiger partial charge in [-0.3, -0.25) is 14.8 Å². The normalized spacial score (nSPS) is 11.9. The van der Waals surface area contributed by atoms with E-state index in [2.05, 4.69) is 4.72 Å². The van der Waals surface area contributed by atoms with Gasteiger partial charge >= 0.3 is 0 Å². The number of nitriles is 1. The maximum atomic E-state index is 12.4. The van der Waals surface area contributed by atoms with Crippen molar-refractivity contribution in [2.75, 3.05) is 4.72 Å². The Morgan fingerprint density at radius 1 is 1.11 bits per heavy atom. The van der Waals surface area contributed by atoms with Crippen LogP contribution in [0.2, 0.25) is 5.02 Å². The first kappa shape index (κ1) is 20.4. The summed E-state index contributed by atoms with van der Waals surface area (Å²) in [4.78, 5) is 9.45. The molecular weight excluding hydrogens is 418 g/mol. The van der Waals surface area contributed by atoms with Gasteiger partial charge in [-0.15, -0.1) is 0 Å². The summed E-state index contributed by atoms with van der Waals surface area (Å²) in [5.41, 5.74) is -0.710. The van der Waals surface area contributed by atoms with Crippen LogP contribution in [0.4, 0.5) is 11.4 Å². The van der Waals surface area contributed by atoms with Crippen LogP contribution < -0.4 is 4.72 Å². The number of anilines is 1. The molecule has 0 unspecified atom stereocenters. The van der Waals surface area contributed by atoms with Crippen molar-refractivity contribution >= 4 is 42.8 Å². The predicted molar refractivity (Wildman–Crippen MR) is 97.3 cm³/mol. The average Bonchev–Trinajstić information content (AvgIpc) is 2.59. The zero-order valence-electron chi connectivity index (χ0n) is 13.2. The second-order valence-electron chi connectivity index (χ2n) is 4.98. The van der Waals surface area contributed by atoms with E-state index >= 15 is 0 Å². The van der Waals surface area contributed by atoms with Gasteiger partial charge in [0.05, 0.1) is 15.9 Å². The molecule has 0 aliphatic rings. The maximum absolute atomic E-state index is 12.4. The Morgan fingerprint density at radius 3 is 2.30 bits per heavy atom. The van der Waals surface area contributed by atoms with Crippen LogP contribution in [-0.2, 0) is 19.9 Å². The largest absolute Gasteiger partial charge is 0.291 e. The molecular formula is C15H10ClN3O6S2. The van der Waals surface area contributed by atoms with Crippen molar-refractivity contribution in [1.29, 1.82) is 5.26 Å². The van der Waals surface area contributed by atoms with E-state index in [-0.39, 0.29) is 15.6 Å². The Hall–Kier alpha value is -2.94. The molecule has 0 aliphatic heterocycles. The highest BCUT2D eigenvalue weighted by atomic mass is 35.5. The van der Waals surface area contributed by atoms with E-state index < -0.39 is 35.4 Å². The van der Waals surface area contributed by atoms with Crippen molar-refractivity contribution in [1.82, 2.24) is 0 Å². The Morgan fingerprint density at radius 2 is 1.74 bits per heavy atom. The number of benzene rings is 2. The first-order valence-corrected chi connectivity index (χ1v) is 10.4. The molecule has 0 aliphatic carbocycles. The van der Waals surface area contributed by atoms with E-state index in [1.54, 1.807) is 6.07 Å². The van der Waals surface area contributed by atoms with Gasteiger partial charge in [-0.25, -0.2) is 16.8 Å². The lowest BCUT2D eigenvalue weighted by molar-refractivity contribution is -0.387. The number of nitrogens with one attached hydrogen (secondary N) is 1. The third kappa shape index (κ3) is 4.82. The number of allylic oxidation sites excluding steroid dienone is 1. The smallest absolute Gasteiger partial charge is 0.279 e. The van der Waals surface area contributed by atoms with Gasteiger partial charge in [-0.2, -0.15) is 5.26 Å². The Bertz CT molecular complexity index is 1170. The minimum atomic E-state index is -4.33. The number of halogens is 1. The van der Waals surface area contributed by atoms with Crippen LogP contribution in [-0.4, -0.2) is 21.8 Å². The average molecular weight is 428 g/mol. The van der Waals surface area contributed by atoms with E-state index in [1.165, 1.54) is 18.2 Å². The molecule has 0 saturated carbocycles. The summed E-state index contributed by atoms with van der Waals surface area (Å²) in [7, 11) is -8.17. The van der Waals surface area contributed by atoms with Crippen molar-refractivity contribution in [3.05, 3.63) is 69.1 Å². The van der Waals surface area contributed by atoms with Gasteiger partial charge in [0.15, 0.2) is 4.90 Å². The summed E-state index contributed by atoms with van der Waals surface area (Å²) in [6.45, 7) is 0. The fourth-order valence-electron chi connectivity index (χ4n) is 1.98. The topological polar surface area (TPSA) is 147 Å². The van der Waals surface area contributed by atoms with Gasteiger partial charge in [0.1, 0.15) is 0 Å². The zero-order chi connectivity index (χ0) is 20.2. The summed E-state index contributed by atoms with van der Waals surface area (Å²) < 4.78 is 50.8. The molecule has 0 spiro atoms. The van der Waals surface area contributed by atoms with Gasteiger partial charge in [0.2, 0.25) is 9.84 Å². The van der Waals surface area contributed by atoms with Crippen molar-refractivity contribution < 1.29 is 21.8 Å². The first-order valence-electron chi connectivity index (χ1n) is 6.95. The fraction of sp³-hybridized carbons (Fsp3) is 0. The van der Waals surface area contributed by atoms with Crippen LogP contribution in [0.25, 0.3) is 0 Å². The Labute approximate surface area is 159 Å². The van der Waals surface area contributed by atoms with Crippen molar-refractivity contribution in [3.8, 4) is 6.07 Å². The highest BCUT2D eigenvalue weighted by Crippen LogP contribution is 2.29. The van der Waals surface area contributed by atoms with Crippen LogP contribution in [0, 0.1) is 21.4 Å². The summed E-state index contributed by atoms with van der Waals surface area (Å²) in [5, 5.41) is 20.2. The third-order valence-corrected chi connectivity index (χ3v) is 6.25. The summed E-state index contributed by atoms with van der Waals surface area (Å²) in [6, 6.07) is 9.26. The number of sulfone groups is 1. The second-order valence-corrected chi connectivity index (χ2v) is 8.90. The molecule has 140 valence electrons. The van der Waals surface area contributed by atoms with Gasteiger partial charge in [0, 0.05) is 28.3 Å². The molecule has 27 heavy (non-hydrogen) atoms. The summed E-state index contributed by atoms with van der Waals surface area (Å²) >= 11 is 5.67. The van der Waals surface area contributed by atoms with Gasteiger partial charge in [-0.05, 0) is 36.4 Å². The molecule has 0 bridgehead atoms. The van der Waals surface area contributed by atoms with E-state index in [0.717, 1.165) is 30.3 Å². The van der Waals surface area contributed by atoms with Crippen molar-refractivity contribution in [3.63, 3.8) is 0 Å². The highest BCUT2D eigenvalue weighted by molar-refractivity contribution is 7.94. The molecule has 9 nitrogen and oxygen atoms in total. The maximum Gasteiger partial charge on any atom is 0.291 e. The lowest BCUT2D eigenvalue weighted by atomic mass is 10.3. The molecule has 2 rings (SSSR count). The lowest BCUT2D eigenvalue weighted by Gasteiger charge is -2.09. The standard InChI is InChI=1S/C15H10ClN3O6S2/c16-11-2-7-15(14(10-11)19(20)21)27(24,25)18-12-3-5-13(6-4-12)26(22,23)9-1-8-17/h1-7,9-10,18H. The molecule has 0 heterocycles. The van der Waals surface area contributed by atoms with E-state index in [1.807, 2.05) is 0 Å². The monoisotopic (exact) mass is 427 g/mol. The molecule has 0 saturated heterocycles. The van der Waals surface area contributed by atoms with E-state index in [0.29, 0.717) is 5.41 Å². The molecule has 0 radical (unpaired) electrons. The van der Waals surface area contributed by atoms with Crippen LogP contribution in [0.5, 0.6) is 0 Å². The second kappa shape index (κ2) is 7.75. The van der Waals surface area contributed by atoms with Crippen LogP contribution in [0.1, 0.15) is 0 Å². The van der Waals surface area contributed by atoms with Gasteiger partial charge < -0.3 is 0 Å². The number of nitro benzene ring substituents is 1. The Kier molecular flexibility index (Phi) is 5.85. The number of hydrogen-bond acceptors (Lipinski definition) is 7. The molecule has 0 fully saturated rings. The lowest BCUT2D eigenvalue weighted by Crippen LogP contribution is -2.14. The van der Waals surface area contributed by atoms with E-state index in [4.69, 9.17) is 16.9 Å². The van der Waals surface area contributed by atoms with Gasteiger partial charge in [0.25, 0.3) is 15.7 Å². The summed E-state index contributed by atoms with van der Waals surface area (Å²) in [6.07, 6.45) is 0.797. The number of rotatable bonds is 6. The quantitative estimate of drug-likeness (QED) is 0.423. The molecule has 0 aromatic heterocycles. The minimum Gasteiger partial charge on any atom is -0.279 e. The van der Waals surface area contributed by atoms with Crippen molar-refractivity contribution in [2.45, 2.75) is 9.79 Å². The third-order valence-electron chi connectivity index (χ3n) is 3.16. The first-order chi connectivity index (χ1) is 12.6. The molecule has 0 atom stereocenters. The zero-order valence-corrected chi connectivity index (χ0v) is 15.6. The van der Waals surface area contributed by atoms with Crippen LogP contribution in [0.15, 0.2) is 63.7 Å². The molecule has 2 aromatic carbocycles. The highest BCUT2D eigenvalue weighted by Gasteiger charge is 2.26. The molecule has 2 aromatic rings. The number of nitro groups is 1. The molecule has 0 amide bonds. The number of nitrogens with zero attached hydrogens (tertiary/aromatic N) is 2. The molecule has 12 heteroatoms. The molecule has 1 N–H and O–H groups in total. The predicted octanol–water partition coefficient (Wildman–Crippen LogP) is 2.86. The van der Waals surface area contributed by atoms with Crippen molar-refractivity contribution in [2.24, 2.45) is 0 Å².